The number of benzene rings is 2. The third kappa shape index (κ3) is 4.23. The highest BCUT2D eigenvalue weighted by molar-refractivity contribution is 6.21. The normalized spacial score (nSPS) is 13.0. The van der Waals surface area contributed by atoms with E-state index in [1.165, 1.54) is 4.90 Å². The lowest BCUT2D eigenvalue weighted by Crippen LogP contribution is -2.35. The Morgan fingerprint density at radius 1 is 0.926 bits per heavy atom. The molecule has 2 aromatic rings. The molecule has 140 valence electrons. The fourth-order valence-corrected chi connectivity index (χ4v) is 3.21. The van der Waals surface area contributed by atoms with Crippen LogP contribution in [0.4, 0.5) is 0 Å². The third-order valence-corrected chi connectivity index (χ3v) is 4.59. The van der Waals surface area contributed by atoms with Crippen LogP contribution in [0.3, 0.4) is 0 Å². The van der Waals surface area contributed by atoms with Crippen molar-refractivity contribution < 1.29 is 19.5 Å². The summed E-state index contributed by atoms with van der Waals surface area (Å²) in [7, 11) is 0. The Kier molecular flexibility index (Phi) is 5.98. The molecule has 0 bridgehead atoms. The molecule has 0 saturated heterocycles. The fraction of sp³-hybridized carbons (Fsp3) is 0.286. The molecular weight excluding hydrogens is 344 g/mol. The first-order chi connectivity index (χ1) is 13.1. The molecule has 3 amide bonds. The van der Waals surface area contributed by atoms with E-state index in [0.717, 1.165) is 5.56 Å². The molecule has 3 rings (SSSR count). The number of fused-ring (bicyclic) bond motifs is 1. The van der Waals surface area contributed by atoms with Crippen LogP contribution in [-0.4, -0.2) is 52.3 Å². The van der Waals surface area contributed by atoms with E-state index in [0.29, 0.717) is 24.1 Å². The maximum absolute atomic E-state index is 12.5. The van der Waals surface area contributed by atoms with Crippen LogP contribution < -0.4 is 0 Å². The van der Waals surface area contributed by atoms with E-state index in [4.69, 9.17) is 0 Å². The summed E-state index contributed by atoms with van der Waals surface area (Å²) >= 11 is 0. The molecule has 6 nitrogen and oxygen atoms in total. The van der Waals surface area contributed by atoms with Crippen molar-refractivity contribution in [2.75, 3.05) is 19.7 Å². The van der Waals surface area contributed by atoms with Gasteiger partial charge in [-0.15, -0.1) is 0 Å². The number of amides is 3. The highest BCUT2D eigenvalue weighted by atomic mass is 16.3. The highest BCUT2D eigenvalue weighted by Gasteiger charge is 2.34. The Labute approximate surface area is 158 Å². The molecule has 2 aromatic carbocycles. The van der Waals surface area contributed by atoms with Gasteiger partial charge in [-0.2, -0.15) is 0 Å². The maximum Gasteiger partial charge on any atom is 0.261 e. The van der Waals surface area contributed by atoms with Crippen molar-refractivity contribution >= 4 is 17.7 Å². The zero-order chi connectivity index (χ0) is 19.2. The monoisotopic (exact) mass is 366 g/mol. The Bertz CT molecular complexity index is 800. The van der Waals surface area contributed by atoms with E-state index >= 15 is 0 Å². The minimum absolute atomic E-state index is 0.107. The summed E-state index contributed by atoms with van der Waals surface area (Å²) in [4.78, 5) is 40.0. The Balaban J connectivity index is 1.55. The van der Waals surface area contributed by atoms with Gasteiger partial charge in [-0.25, -0.2) is 0 Å². The number of carbonyl (C=O) groups excluding carboxylic acids is 3. The predicted molar refractivity (Wildman–Crippen MR) is 100.0 cm³/mol. The van der Waals surface area contributed by atoms with E-state index in [1.54, 1.807) is 29.2 Å². The summed E-state index contributed by atoms with van der Waals surface area (Å²) < 4.78 is 0. The van der Waals surface area contributed by atoms with Gasteiger partial charge in [-0.1, -0.05) is 42.5 Å². The van der Waals surface area contributed by atoms with Gasteiger partial charge in [0.2, 0.25) is 5.91 Å². The predicted octanol–water partition coefficient (Wildman–Crippen LogP) is 2.08. The largest absolute Gasteiger partial charge is 0.395 e. The van der Waals surface area contributed by atoms with Crippen LogP contribution in [-0.2, 0) is 11.3 Å². The van der Waals surface area contributed by atoms with Gasteiger partial charge in [-0.3, -0.25) is 19.3 Å². The number of imide groups is 1. The van der Waals surface area contributed by atoms with Crippen LogP contribution in [0.15, 0.2) is 54.6 Å². The molecule has 0 atom stereocenters. The molecule has 0 aromatic heterocycles. The summed E-state index contributed by atoms with van der Waals surface area (Å²) in [5.74, 6) is -0.719. The Hall–Kier alpha value is -2.99. The highest BCUT2D eigenvalue weighted by Crippen LogP contribution is 2.22. The second kappa shape index (κ2) is 8.60. The molecule has 0 radical (unpaired) electrons. The van der Waals surface area contributed by atoms with Crippen LogP contribution >= 0.6 is 0 Å². The first-order valence-electron chi connectivity index (χ1n) is 8.99. The summed E-state index contributed by atoms with van der Waals surface area (Å²) in [6.45, 7) is 0.765. The molecule has 1 heterocycles. The van der Waals surface area contributed by atoms with Gasteiger partial charge < -0.3 is 10.0 Å². The van der Waals surface area contributed by atoms with E-state index in [2.05, 4.69) is 0 Å². The first kappa shape index (κ1) is 18.8. The summed E-state index contributed by atoms with van der Waals surface area (Å²) in [6, 6.07) is 16.3. The SMILES string of the molecule is O=C(CCCN1C(=O)c2ccccc2C1=O)N(CCO)Cc1ccccc1. The van der Waals surface area contributed by atoms with Gasteiger partial charge in [-0.05, 0) is 24.1 Å². The second-order valence-electron chi connectivity index (χ2n) is 6.44. The number of rotatable bonds is 8. The molecular formula is C21H22N2O4. The van der Waals surface area contributed by atoms with Gasteiger partial charge in [0.05, 0.1) is 17.7 Å². The lowest BCUT2D eigenvalue weighted by molar-refractivity contribution is -0.132. The minimum atomic E-state index is -0.306. The summed E-state index contributed by atoms with van der Waals surface area (Å²) in [6.07, 6.45) is 0.598. The molecule has 0 aliphatic carbocycles. The van der Waals surface area contributed by atoms with Crippen LogP contribution in [0, 0.1) is 0 Å². The van der Waals surface area contributed by atoms with E-state index in [1.807, 2.05) is 30.3 Å². The smallest absolute Gasteiger partial charge is 0.261 e. The molecule has 1 aliphatic heterocycles. The van der Waals surface area contributed by atoms with Gasteiger partial charge in [0.1, 0.15) is 0 Å². The number of aliphatic hydroxyl groups is 1. The number of hydrogen-bond donors (Lipinski definition) is 1. The van der Waals surface area contributed by atoms with Crippen LogP contribution in [0.25, 0.3) is 0 Å². The van der Waals surface area contributed by atoms with Crippen LogP contribution in [0.5, 0.6) is 0 Å². The topological polar surface area (TPSA) is 77.9 Å². The zero-order valence-corrected chi connectivity index (χ0v) is 15.0. The van der Waals surface area contributed by atoms with E-state index in [9.17, 15) is 19.5 Å². The standard InChI is InChI=1S/C21H22N2O4/c24-14-13-22(15-16-7-2-1-3-8-16)19(25)11-6-12-23-20(26)17-9-4-5-10-18(17)21(23)27/h1-5,7-10,24H,6,11-15H2. The Morgan fingerprint density at radius 3 is 2.11 bits per heavy atom. The van der Waals surface area contributed by atoms with Gasteiger partial charge in [0.25, 0.3) is 11.8 Å². The van der Waals surface area contributed by atoms with Crippen molar-refractivity contribution in [3.05, 3.63) is 71.3 Å². The summed E-state index contributed by atoms with van der Waals surface area (Å²) in [5, 5.41) is 9.24. The maximum atomic E-state index is 12.5. The number of nitrogens with zero attached hydrogens (tertiary/aromatic N) is 2. The Morgan fingerprint density at radius 2 is 1.52 bits per heavy atom. The van der Waals surface area contributed by atoms with Crippen LogP contribution in [0.1, 0.15) is 39.1 Å². The molecule has 0 saturated carbocycles. The molecule has 0 fully saturated rings. The minimum Gasteiger partial charge on any atom is -0.395 e. The van der Waals surface area contributed by atoms with E-state index in [-0.39, 0.29) is 43.8 Å². The molecule has 1 aliphatic rings. The van der Waals surface area contributed by atoms with Crippen molar-refractivity contribution in [1.82, 2.24) is 9.80 Å². The fourth-order valence-electron chi connectivity index (χ4n) is 3.21. The number of hydrogen-bond acceptors (Lipinski definition) is 4. The molecule has 0 unspecified atom stereocenters. The van der Waals surface area contributed by atoms with Gasteiger partial charge in [0, 0.05) is 26.1 Å². The van der Waals surface area contributed by atoms with Crippen LogP contribution in [0.2, 0.25) is 0 Å². The quantitative estimate of drug-likeness (QED) is 0.726. The molecule has 1 N–H and O–H groups in total. The van der Waals surface area contributed by atoms with Crippen molar-refractivity contribution in [1.29, 1.82) is 0 Å². The lowest BCUT2D eigenvalue weighted by atomic mass is 10.1. The van der Waals surface area contributed by atoms with Gasteiger partial charge in [0.15, 0.2) is 0 Å². The zero-order valence-electron chi connectivity index (χ0n) is 15.0. The number of aliphatic hydroxyl groups excluding tert-OH is 1. The molecule has 27 heavy (non-hydrogen) atoms. The summed E-state index contributed by atoms with van der Waals surface area (Å²) in [5.41, 5.74) is 1.82. The first-order valence-corrected chi connectivity index (χ1v) is 8.99. The van der Waals surface area contributed by atoms with Gasteiger partial charge >= 0.3 is 0 Å². The second-order valence-corrected chi connectivity index (χ2v) is 6.44. The number of carbonyl (C=O) groups is 3. The molecule has 0 spiro atoms. The van der Waals surface area contributed by atoms with Crippen molar-refractivity contribution in [2.24, 2.45) is 0 Å². The van der Waals surface area contributed by atoms with Crippen molar-refractivity contribution in [2.45, 2.75) is 19.4 Å². The van der Waals surface area contributed by atoms with E-state index < -0.39 is 0 Å². The lowest BCUT2D eigenvalue weighted by Gasteiger charge is -2.22. The average Bonchev–Trinajstić information content (AvgIpc) is 2.93. The molecule has 6 heteroatoms. The van der Waals surface area contributed by atoms with Crippen molar-refractivity contribution in [3.8, 4) is 0 Å². The third-order valence-electron chi connectivity index (χ3n) is 4.59. The average molecular weight is 366 g/mol. The van der Waals surface area contributed by atoms with Crippen molar-refractivity contribution in [3.63, 3.8) is 0 Å².